The van der Waals surface area contributed by atoms with Crippen LogP contribution >= 0.6 is 0 Å². The van der Waals surface area contributed by atoms with Gasteiger partial charge in [-0.3, -0.25) is 9.59 Å². The average molecular weight is 404 g/mol. The summed E-state index contributed by atoms with van der Waals surface area (Å²) in [4.78, 5) is 30.1. The Labute approximate surface area is 173 Å². The molecule has 4 rings (SSSR count). The van der Waals surface area contributed by atoms with Crippen LogP contribution in [0.1, 0.15) is 37.4 Å². The van der Waals surface area contributed by atoms with E-state index in [2.05, 4.69) is 15.2 Å². The summed E-state index contributed by atoms with van der Waals surface area (Å²) >= 11 is 0. The van der Waals surface area contributed by atoms with Crippen LogP contribution in [0, 0.1) is 5.82 Å². The minimum Gasteiger partial charge on any atom is -0.366 e. The molecule has 0 bridgehead atoms. The normalized spacial score (nSPS) is 12.5. The van der Waals surface area contributed by atoms with Gasteiger partial charge in [0, 0.05) is 31.0 Å². The molecule has 2 amide bonds. The van der Waals surface area contributed by atoms with Crippen molar-refractivity contribution >= 4 is 23.3 Å². The van der Waals surface area contributed by atoms with Crippen molar-refractivity contribution in [1.29, 1.82) is 0 Å². The fraction of sp³-hybridized carbons (Fsp3) is 0.174. The first kappa shape index (κ1) is 19.6. The maximum atomic E-state index is 13.9. The van der Waals surface area contributed by atoms with Gasteiger partial charge in [0.2, 0.25) is 5.91 Å². The molecule has 0 aliphatic carbocycles. The zero-order chi connectivity index (χ0) is 21.3. The average Bonchev–Trinajstić information content (AvgIpc) is 3.19. The van der Waals surface area contributed by atoms with E-state index in [0.717, 1.165) is 28.2 Å². The van der Waals surface area contributed by atoms with Gasteiger partial charge in [-0.05, 0) is 65.9 Å². The lowest BCUT2D eigenvalue weighted by Gasteiger charge is -2.19. The van der Waals surface area contributed by atoms with Crippen molar-refractivity contribution in [3.8, 4) is 0 Å². The largest absolute Gasteiger partial charge is 0.366 e. The van der Waals surface area contributed by atoms with Gasteiger partial charge >= 0.3 is 0 Å². The number of anilines is 2. The molecule has 6 nitrogen and oxygen atoms in total. The third-order valence-electron chi connectivity index (χ3n) is 5.29. The summed E-state index contributed by atoms with van der Waals surface area (Å²) in [7, 11) is 1.47. The first-order valence-electron chi connectivity index (χ1n) is 9.62. The van der Waals surface area contributed by atoms with Gasteiger partial charge in [0.25, 0.3) is 5.91 Å². The summed E-state index contributed by atoms with van der Waals surface area (Å²) in [5, 5.41) is 2.45. The summed E-state index contributed by atoms with van der Waals surface area (Å²) in [6.45, 7) is 0.702. The highest BCUT2D eigenvalue weighted by atomic mass is 19.1. The lowest BCUT2D eigenvalue weighted by molar-refractivity contribution is 0.0957. The van der Waals surface area contributed by atoms with Gasteiger partial charge in [0.15, 0.2) is 0 Å². The summed E-state index contributed by atoms with van der Waals surface area (Å²) in [6, 6.07) is 13.9. The van der Waals surface area contributed by atoms with Crippen molar-refractivity contribution in [3.05, 3.63) is 88.4 Å². The first-order chi connectivity index (χ1) is 14.5. The summed E-state index contributed by atoms with van der Waals surface area (Å²) in [6.07, 6.45) is 2.97. The molecule has 0 saturated heterocycles. The molecule has 2 heterocycles. The van der Waals surface area contributed by atoms with Gasteiger partial charge in [0.05, 0.1) is 5.56 Å². The molecule has 30 heavy (non-hydrogen) atoms. The number of nitrogens with one attached hydrogen (secondary N) is 1. The van der Waals surface area contributed by atoms with E-state index in [-0.39, 0.29) is 5.56 Å². The standard InChI is InChI=1S/C23H21FN4O2/c1-26-23(30)18-12-14(5-6-19(18)24)11-15-7-9-27-21(13-15)28-10-8-16-17(22(25)29)3-2-4-20(16)28/h2-7,9,12-13H,8,10-11H2,1H3,(H2,25,29)(H,26,30). The molecule has 2 aromatic carbocycles. The van der Waals surface area contributed by atoms with Crippen molar-refractivity contribution in [3.63, 3.8) is 0 Å². The lowest BCUT2D eigenvalue weighted by Crippen LogP contribution is -2.19. The second kappa shape index (κ2) is 7.94. The topological polar surface area (TPSA) is 88.3 Å². The number of fused-ring (bicyclic) bond motifs is 1. The molecule has 1 aliphatic heterocycles. The van der Waals surface area contributed by atoms with Crippen molar-refractivity contribution in [1.82, 2.24) is 10.3 Å². The highest BCUT2D eigenvalue weighted by molar-refractivity contribution is 5.97. The Hall–Kier alpha value is -3.74. The third kappa shape index (κ3) is 3.61. The number of nitrogens with two attached hydrogens (primary N) is 1. The van der Waals surface area contributed by atoms with Gasteiger partial charge < -0.3 is 16.0 Å². The molecule has 0 atom stereocenters. The number of aromatic nitrogens is 1. The van der Waals surface area contributed by atoms with E-state index < -0.39 is 17.6 Å². The van der Waals surface area contributed by atoms with Crippen molar-refractivity contribution in [2.45, 2.75) is 12.8 Å². The van der Waals surface area contributed by atoms with Gasteiger partial charge in [-0.1, -0.05) is 12.1 Å². The van der Waals surface area contributed by atoms with Crippen molar-refractivity contribution in [2.24, 2.45) is 5.73 Å². The molecule has 3 N–H and O–H groups in total. The highest BCUT2D eigenvalue weighted by Gasteiger charge is 2.25. The van der Waals surface area contributed by atoms with Crippen LogP contribution in [0.4, 0.5) is 15.9 Å². The predicted octanol–water partition coefficient (Wildman–Crippen LogP) is 2.96. The van der Waals surface area contributed by atoms with Crippen LogP contribution in [0.2, 0.25) is 0 Å². The summed E-state index contributed by atoms with van der Waals surface area (Å²) in [5.41, 5.74) is 9.74. The molecule has 0 unspecified atom stereocenters. The van der Waals surface area contributed by atoms with E-state index >= 15 is 0 Å². The first-order valence-corrected chi connectivity index (χ1v) is 9.62. The Balaban J connectivity index is 1.62. The fourth-order valence-corrected chi connectivity index (χ4v) is 3.85. The number of primary amides is 1. The summed E-state index contributed by atoms with van der Waals surface area (Å²) < 4.78 is 13.9. The molecular formula is C23H21FN4O2. The van der Waals surface area contributed by atoms with E-state index in [0.29, 0.717) is 24.9 Å². The van der Waals surface area contributed by atoms with Crippen LogP contribution < -0.4 is 16.0 Å². The number of halogens is 1. The van der Waals surface area contributed by atoms with Crippen LogP contribution in [-0.4, -0.2) is 30.4 Å². The molecule has 1 aliphatic rings. The van der Waals surface area contributed by atoms with Gasteiger partial charge in [0.1, 0.15) is 11.6 Å². The Morgan fingerprint density at radius 2 is 1.93 bits per heavy atom. The second-order valence-corrected chi connectivity index (χ2v) is 7.16. The number of benzene rings is 2. The van der Waals surface area contributed by atoms with Crippen LogP contribution in [0.3, 0.4) is 0 Å². The quantitative estimate of drug-likeness (QED) is 0.684. The van der Waals surface area contributed by atoms with E-state index in [4.69, 9.17) is 5.73 Å². The van der Waals surface area contributed by atoms with Crippen molar-refractivity contribution < 1.29 is 14.0 Å². The fourth-order valence-electron chi connectivity index (χ4n) is 3.85. The van der Waals surface area contributed by atoms with Crippen LogP contribution in [-0.2, 0) is 12.8 Å². The molecule has 0 spiro atoms. The Morgan fingerprint density at radius 3 is 2.70 bits per heavy atom. The predicted molar refractivity (Wildman–Crippen MR) is 113 cm³/mol. The molecule has 7 heteroatoms. The van der Waals surface area contributed by atoms with E-state index in [1.807, 2.05) is 24.3 Å². The van der Waals surface area contributed by atoms with E-state index in [1.54, 1.807) is 24.4 Å². The molecule has 0 saturated carbocycles. The lowest BCUT2D eigenvalue weighted by atomic mass is 10.0. The number of pyridine rings is 1. The zero-order valence-electron chi connectivity index (χ0n) is 16.5. The molecule has 152 valence electrons. The monoisotopic (exact) mass is 404 g/mol. The second-order valence-electron chi connectivity index (χ2n) is 7.16. The molecule has 3 aromatic rings. The Morgan fingerprint density at radius 1 is 1.13 bits per heavy atom. The molecule has 1 aromatic heterocycles. The SMILES string of the molecule is CNC(=O)c1cc(Cc2ccnc(N3CCc4c(C(N)=O)cccc43)c2)ccc1F. The van der Waals surface area contributed by atoms with Gasteiger partial charge in [-0.25, -0.2) is 9.37 Å². The summed E-state index contributed by atoms with van der Waals surface area (Å²) in [5.74, 6) is -0.670. The number of rotatable bonds is 5. The third-order valence-corrected chi connectivity index (χ3v) is 5.29. The van der Waals surface area contributed by atoms with Crippen LogP contribution in [0.15, 0.2) is 54.7 Å². The van der Waals surface area contributed by atoms with E-state index in [1.165, 1.54) is 13.1 Å². The number of hydrogen-bond acceptors (Lipinski definition) is 4. The van der Waals surface area contributed by atoms with Crippen LogP contribution in [0.25, 0.3) is 0 Å². The highest BCUT2D eigenvalue weighted by Crippen LogP contribution is 2.35. The smallest absolute Gasteiger partial charge is 0.254 e. The Bertz CT molecular complexity index is 1150. The minimum absolute atomic E-state index is 0.0248. The van der Waals surface area contributed by atoms with Gasteiger partial charge in [-0.2, -0.15) is 0 Å². The number of carbonyl (C=O) groups is 2. The minimum atomic E-state index is -0.549. The Kier molecular flexibility index (Phi) is 5.18. The number of carbonyl (C=O) groups excluding carboxylic acids is 2. The van der Waals surface area contributed by atoms with E-state index in [9.17, 15) is 14.0 Å². The zero-order valence-corrected chi connectivity index (χ0v) is 16.5. The molecule has 0 fully saturated rings. The van der Waals surface area contributed by atoms with Crippen LogP contribution in [0.5, 0.6) is 0 Å². The van der Waals surface area contributed by atoms with Crippen molar-refractivity contribution in [2.75, 3.05) is 18.5 Å². The number of hydrogen-bond donors (Lipinski definition) is 2. The molecule has 0 radical (unpaired) electrons. The molecular weight excluding hydrogens is 383 g/mol. The van der Waals surface area contributed by atoms with Gasteiger partial charge in [-0.15, -0.1) is 0 Å². The number of amides is 2. The maximum Gasteiger partial charge on any atom is 0.254 e. The maximum absolute atomic E-state index is 13.9. The number of nitrogens with zero attached hydrogens (tertiary/aromatic N) is 2.